The number of ether oxygens (including phenoxy) is 2. The van der Waals surface area contributed by atoms with Crippen molar-refractivity contribution in [2.75, 3.05) is 20.8 Å². The van der Waals surface area contributed by atoms with Crippen LogP contribution < -0.4 is 20.3 Å². The summed E-state index contributed by atoms with van der Waals surface area (Å²) in [7, 11) is 3.23. The van der Waals surface area contributed by atoms with Crippen LogP contribution in [0.5, 0.6) is 11.5 Å². The van der Waals surface area contributed by atoms with E-state index in [9.17, 15) is 9.18 Å². The number of hydrogen-bond acceptors (Lipinski definition) is 7. The number of fused-ring (bicyclic) bond motifs is 3. The van der Waals surface area contributed by atoms with E-state index >= 15 is 0 Å². The summed E-state index contributed by atoms with van der Waals surface area (Å²) in [6, 6.07) is 7.86. The molecule has 180 valence electrons. The highest BCUT2D eigenvalue weighted by molar-refractivity contribution is 5.74. The third kappa shape index (κ3) is 4.50. The van der Waals surface area contributed by atoms with Gasteiger partial charge in [0.15, 0.2) is 11.5 Å². The van der Waals surface area contributed by atoms with Gasteiger partial charge in [-0.2, -0.15) is 0 Å². The van der Waals surface area contributed by atoms with Gasteiger partial charge in [0.1, 0.15) is 5.82 Å². The van der Waals surface area contributed by atoms with Crippen LogP contribution in [0.2, 0.25) is 0 Å². The highest BCUT2D eigenvalue weighted by Crippen LogP contribution is 2.36. The number of rotatable bonds is 8. The van der Waals surface area contributed by atoms with Crippen molar-refractivity contribution in [3.63, 3.8) is 0 Å². The van der Waals surface area contributed by atoms with Crippen LogP contribution in [0.25, 0.3) is 11.0 Å². The third-order valence-corrected chi connectivity index (χ3v) is 7.17. The summed E-state index contributed by atoms with van der Waals surface area (Å²) in [5, 5.41) is 3.67. The summed E-state index contributed by atoms with van der Waals surface area (Å²) in [6.45, 7) is 1.98. The second kappa shape index (κ2) is 9.68. The Morgan fingerprint density at radius 3 is 2.53 bits per heavy atom. The van der Waals surface area contributed by atoms with Gasteiger partial charge in [-0.05, 0) is 31.7 Å². The standard InChI is InChI=1S/C25H30FN5O3/c1-33-23-12-18(28-15-24(23)34-2)14-27-17-10-19-3-4-20(11-17)30(19)7-8-31-22-9-16(26)13-29-21(22)5-6-25(31)32/h5-6,9,12-13,15,17,19-20,27H,3-4,7-8,10-11,14H2,1-2H3. The number of halogens is 1. The average Bonchev–Trinajstić information content (AvgIpc) is 3.09. The van der Waals surface area contributed by atoms with Crippen molar-refractivity contribution in [1.82, 2.24) is 24.8 Å². The van der Waals surface area contributed by atoms with E-state index in [0.717, 1.165) is 37.9 Å². The summed E-state index contributed by atoms with van der Waals surface area (Å²) < 4.78 is 26.1. The molecule has 2 fully saturated rings. The number of nitrogens with one attached hydrogen (secondary N) is 1. The van der Waals surface area contributed by atoms with Crippen LogP contribution in [0, 0.1) is 5.82 Å². The van der Waals surface area contributed by atoms with Gasteiger partial charge in [0, 0.05) is 56.0 Å². The van der Waals surface area contributed by atoms with Gasteiger partial charge in [0.2, 0.25) is 0 Å². The molecule has 2 aliphatic heterocycles. The van der Waals surface area contributed by atoms with Crippen LogP contribution in [0.1, 0.15) is 31.4 Å². The normalized spacial score (nSPS) is 22.3. The number of pyridine rings is 3. The van der Waals surface area contributed by atoms with Gasteiger partial charge in [-0.25, -0.2) is 4.39 Å². The van der Waals surface area contributed by atoms with Crippen LogP contribution in [0.4, 0.5) is 4.39 Å². The number of nitrogens with zero attached hydrogens (tertiary/aromatic N) is 4. The first-order valence-corrected chi connectivity index (χ1v) is 11.8. The predicted octanol–water partition coefficient (Wildman–Crippen LogP) is 2.73. The second-order valence-electron chi connectivity index (χ2n) is 9.08. The van der Waals surface area contributed by atoms with Gasteiger partial charge in [-0.1, -0.05) is 0 Å². The van der Waals surface area contributed by atoms with Gasteiger partial charge in [-0.15, -0.1) is 0 Å². The molecule has 0 amide bonds. The van der Waals surface area contributed by atoms with E-state index in [1.54, 1.807) is 31.0 Å². The maximum absolute atomic E-state index is 13.8. The second-order valence-corrected chi connectivity index (χ2v) is 9.08. The zero-order chi connectivity index (χ0) is 23.7. The molecule has 2 unspecified atom stereocenters. The van der Waals surface area contributed by atoms with Crippen molar-refractivity contribution in [1.29, 1.82) is 0 Å². The van der Waals surface area contributed by atoms with Gasteiger partial charge in [-0.3, -0.25) is 19.7 Å². The van der Waals surface area contributed by atoms with E-state index in [-0.39, 0.29) is 5.56 Å². The van der Waals surface area contributed by atoms with Gasteiger partial charge in [0.05, 0.1) is 43.3 Å². The van der Waals surface area contributed by atoms with Crippen LogP contribution in [-0.4, -0.2) is 58.3 Å². The van der Waals surface area contributed by atoms with Crippen molar-refractivity contribution in [3.8, 4) is 11.5 Å². The smallest absolute Gasteiger partial charge is 0.251 e. The van der Waals surface area contributed by atoms with Crippen molar-refractivity contribution < 1.29 is 13.9 Å². The summed E-state index contributed by atoms with van der Waals surface area (Å²) in [5.41, 5.74) is 1.99. The minimum absolute atomic E-state index is 0.119. The summed E-state index contributed by atoms with van der Waals surface area (Å²) >= 11 is 0. The molecular formula is C25H30FN5O3. The Hall–Kier alpha value is -3.04. The van der Waals surface area contributed by atoms with Crippen LogP contribution in [-0.2, 0) is 13.1 Å². The Morgan fingerprint density at radius 1 is 1.03 bits per heavy atom. The van der Waals surface area contributed by atoms with Crippen molar-refractivity contribution in [3.05, 3.63) is 58.5 Å². The summed E-state index contributed by atoms with van der Waals surface area (Å²) in [5.74, 6) is 0.882. The number of hydrogen-bond donors (Lipinski definition) is 1. The Bertz CT molecular complexity index is 1220. The molecule has 2 saturated heterocycles. The topological polar surface area (TPSA) is 81.5 Å². The minimum atomic E-state index is -0.428. The first-order valence-electron chi connectivity index (χ1n) is 11.8. The molecule has 9 heteroatoms. The van der Waals surface area contributed by atoms with E-state index in [1.165, 1.54) is 18.3 Å². The largest absolute Gasteiger partial charge is 0.493 e. The monoisotopic (exact) mass is 467 g/mol. The maximum atomic E-state index is 13.8. The molecule has 2 atom stereocenters. The highest BCUT2D eigenvalue weighted by Gasteiger charge is 2.40. The van der Waals surface area contributed by atoms with E-state index in [1.807, 2.05) is 6.07 Å². The minimum Gasteiger partial charge on any atom is -0.493 e. The molecule has 0 aliphatic carbocycles. The van der Waals surface area contributed by atoms with Gasteiger partial charge in [0.25, 0.3) is 5.56 Å². The van der Waals surface area contributed by atoms with Gasteiger partial charge < -0.3 is 19.4 Å². The lowest BCUT2D eigenvalue weighted by Crippen LogP contribution is -2.50. The zero-order valence-corrected chi connectivity index (χ0v) is 19.5. The Labute approximate surface area is 197 Å². The first-order chi connectivity index (χ1) is 16.6. The maximum Gasteiger partial charge on any atom is 0.251 e. The Morgan fingerprint density at radius 2 is 1.79 bits per heavy atom. The summed E-state index contributed by atoms with van der Waals surface area (Å²) in [4.78, 5) is 23.6. The van der Waals surface area contributed by atoms with Crippen molar-refractivity contribution in [2.45, 2.75) is 56.9 Å². The van der Waals surface area contributed by atoms with Gasteiger partial charge >= 0.3 is 0 Å². The van der Waals surface area contributed by atoms with E-state index in [4.69, 9.17) is 9.47 Å². The van der Waals surface area contributed by atoms with Crippen molar-refractivity contribution >= 4 is 11.0 Å². The quantitative estimate of drug-likeness (QED) is 0.546. The molecule has 3 aromatic heterocycles. The summed E-state index contributed by atoms with van der Waals surface area (Å²) in [6.07, 6.45) is 7.33. The molecule has 5 rings (SSSR count). The lowest BCUT2D eigenvalue weighted by Gasteiger charge is -2.39. The number of methoxy groups -OCH3 is 2. The molecule has 5 heterocycles. The predicted molar refractivity (Wildman–Crippen MR) is 127 cm³/mol. The first kappa shape index (κ1) is 22.7. The average molecular weight is 468 g/mol. The fourth-order valence-electron chi connectivity index (χ4n) is 5.52. The molecule has 0 spiro atoms. The van der Waals surface area contributed by atoms with E-state index in [0.29, 0.717) is 53.7 Å². The lowest BCUT2D eigenvalue weighted by molar-refractivity contribution is 0.112. The molecular weight excluding hydrogens is 437 g/mol. The van der Waals surface area contributed by atoms with Crippen LogP contribution in [0.15, 0.2) is 41.5 Å². The zero-order valence-electron chi connectivity index (χ0n) is 19.5. The fraction of sp³-hybridized carbons (Fsp3) is 0.480. The van der Waals surface area contributed by atoms with Crippen molar-refractivity contribution in [2.24, 2.45) is 0 Å². The third-order valence-electron chi connectivity index (χ3n) is 7.17. The van der Waals surface area contributed by atoms with E-state index < -0.39 is 5.82 Å². The Kier molecular flexibility index (Phi) is 6.47. The molecule has 2 aliphatic rings. The molecule has 0 radical (unpaired) electrons. The molecule has 2 bridgehead atoms. The molecule has 0 saturated carbocycles. The fourth-order valence-corrected chi connectivity index (χ4v) is 5.52. The van der Waals surface area contributed by atoms with Crippen LogP contribution >= 0.6 is 0 Å². The SMILES string of the molecule is COc1cnc(CNC2CC3CCC(C2)N3CCn2c(=O)ccc3ncc(F)cc32)cc1OC. The van der Waals surface area contributed by atoms with Crippen LogP contribution in [0.3, 0.4) is 0 Å². The molecule has 8 nitrogen and oxygen atoms in total. The molecule has 34 heavy (non-hydrogen) atoms. The lowest BCUT2D eigenvalue weighted by atomic mass is 9.97. The molecule has 0 aromatic carbocycles. The molecule has 3 aromatic rings. The van der Waals surface area contributed by atoms with E-state index in [2.05, 4.69) is 20.2 Å². The Balaban J connectivity index is 1.21. The highest BCUT2D eigenvalue weighted by atomic mass is 19.1. The number of piperidine rings is 1. The number of aromatic nitrogens is 3. The molecule has 1 N–H and O–H groups in total.